The topological polar surface area (TPSA) is 0 Å². The van der Waals surface area contributed by atoms with Crippen LogP contribution in [-0.2, 0) is 0 Å². The van der Waals surface area contributed by atoms with Gasteiger partial charge < -0.3 is 0 Å². The largest absolute Gasteiger partial charge is 0.0690 e. The molecule has 1 aliphatic carbocycles. The lowest BCUT2D eigenvalue weighted by Gasteiger charge is -2.22. The molecule has 1 atom stereocenters. The zero-order valence-electron chi connectivity index (χ0n) is 11.9. The van der Waals surface area contributed by atoms with Crippen molar-refractivity contribution in [2.24, 2.45) is 0 Å². The molecule has 0 fully saturated rings. The Hall–Kier alpha value is -2.08. The van der Waals surface area contributed by atoms with Crippen molar-refractivity contribution in [3.05, 3.63) is 89.5 Å². The van der Waals surface area contributed by atoms with E-state index in [2.05, 4.69) is 79.7 Å². The second kappa shape index (κ2) is 5.92. The molecule has 0 heteroatoms. The Morgan fingerprint density at radius 3 is 2.20 bits per heavy atom. The van der Waals surface area contributed by atoms with Gasteiger partial charge in [-0.05, 0) is 29.5 Å². The molecule has 100 valence electrons. The Balaban J connectivity index is 1.99. The molecular formula is C20H20. The molecule has 0 saturated heterocycles. The van der Waals surface area contributed by atoms with Gasteiger partial charge in [-0.15, -0.1) is 0 Å². The minimum atomic E-state index is 0.506. The van der Waals surface area contributed by atoms with Gasteiger partial charge in [-0.1, -0.05) is 85.3 Å². The van der Waals surface area contributed by atoms with Crippen molar-refractivity contribution in [1.82, 2.24) is 0 Å². The van der Waals surface area contributed by atoms with E-state index in [1.165, 1.54) is 16.7 Å². The highest BCUT2D eigenvalue weighted by Crippen LogP contribution is 2.35. The minimum Gasteiger partial charge on any atom is -0.0690 e. The first-order chi connectivity index (χ1) is 9.86. The zero-order valence-corrected chi connectivity index (χ0v) is 11.9. The van der Waals surface area contributed by atoms with Crippen molar-refractivity contribution in [2.75, 3.05) is 0 Å². The van der Waals surface area contributed by atoms with Gasteiger partial charge in [0.05, 0.1) is 0 Å². The third-order valence-corrected chi connectivity index (χ3v) is 4.01. The van der Waals surface area contributed by atoms with Crippen LogP contribution in [0.5, 0.6) is 0 Å². The molecule has 1 unspecified atom stereocenters. The summed E-state index contributed by atoms with van der Waals surface area (Å²) in [6.07, 6.45) is 7.07. The van der Waals surface area contributed by atoms with E-state index in [0.29, 0.717) is 5.92 Å². The van der Waals surface area contributed by atoms with E-state index < -0.39 is 0 Å². The molecule has 3 rings (SSSR count). The van der Waals surface area contributed by atoms with Crippen molar-refractivity contribution >= 4 is 5.57 Å². The number of hydrogen-bond acceptors (Lipinski definition) is 0. The molecule has 0 amide bonds. The van der Waals surface area contributed by atoms with Crippen molar-refractivity contribution in [3.63, 3.8) is 0 Å². The molecule has 0 saturated carbocycles. The molecule has 20 heavy (non-hydrogen) atoms. The van der Waals surface area contributed by atoms with Crippen LogP contribution in [0.2, 0.25) is 0 Å². The fourth-order valence-electron chi connectivity index (χ4n) is 2.86. The highest BCUT2D eigenvalue weighted by Gasteiger charge is 2.16. The van der Waals surface area contributed by atoms with E-state index in [9.17, 15) is 0 Å². The lowest BCUT2D eigenvalue weighted by atomic mass is 9.83. The van der Waals surface area contributed by atoms with Crippen molar-refractivity contribution in [3.8, 4) is 0 Å². The number of hydrogen-bond donors (Lipinski definition) is 0. The summed E-state index contributed by atoms with van der Waals surface area (Å²) in [6.45, 7) is 2.25. The van der Waals surface area contributed by atoms with Gasteiger partial charge in [0, 0.05) is 5.92 Å². The molecule has 0 N–H and O–H groups in total. The molecule has 0 heterocycles. The minimum absolute atomic E-state index is 0.506. The van der Waals surface area contributed by atoms with Gasteiger partial charge in [0.2, 0.25) is 0 Å². The summed E-state index contributed by atoms with van der Waals surface area (Å²) in [5.74, 6) is 0.506. The Bertz CT molecular complexity index is 618. The molecule has 0 nitrogen and oxygen atoms in total. The standard InChI is InChI=1S/C20H20/c1-2-16-13-19(17-9-5-3-6-10-17)15-20(14-16)18-11-7-4-8-12-18/h3-13,15,20H,2,14H2,1H3. The maximum atomic E-state index is 2.42. The van der Waals surface area contributed by atoms with Gasteiger partial charge in [0.15, 0.2) is 0 Å². The zero-order chi connectivity index (χ0) is 13.8. The highest BCUT2D eigenvalue weighted by molar-refractivity contribution is 5.76. The van der Waals surface area contributed by atoms with Crippen LogP contribution >= 0.6 is 0 Å². The Labute approximate surface area is 121 Å². The lowest BCUT2D eigenvalue weighted by molar-refractivity contribution is 0.786. The van der Waals surface area contributed by atoms with Crippen molar-refractivity contribution in [2.45, 2.75) is 25.7 Å². The van der Waals surface area contributed by atoms with Crippen LogP contribution in [0.1, 0.15) is 36.8 Å². The van der Waals surface area contributed by atoms with E-state index in [1.807, 2.05) is 0 Å². The van der Waals surface area contributed by atoms with Gasteiger partial charge in [0.25, 0.3) is 0 Å². The Morgan fingerprint density at radius 1 is 0.900 bits per heavy atom. The smallest absolute Gasteiger partial charge is 0.00644 e. The second-order valence-electron chi connectivity index (χ2n) is 5.37. The molecule has 0 aliphatic heterocycles. The van der Waals surface area contributed by atoms with E-state index in [-0.39, 0.29) is 0 Å². The molecule has 0 spiro atoms. The molecule has 0 radical (unpaired) electrons. The summed E-state index contributed by atoms with van der Waals surface area (Å²) in [6, 6.07) is 21.5. The average molecular weight is 260 g/mol. The summed E-state index contributed by atoms with van der Waals surface area (Å²) in [7, 11) is 0. The van der Waals surface area contributed by atoms with E-state index in [1.54, 1.807) is 5.57 Å². The van der Waals surface area contributed by atoms with E-state index in [0.717, 1.165) is 12.8 Å². The molecule has 0 bridgehead atoms. The predicted octanol–water partition coefficient (Wildman–Crippen LogP) is 5.59. The van der Waals surface area contributed by atoms with Gasteiger partial charge in [-0.2, -0.15) is 0 Å². The summed E-state index contributed by atoms with van der Waals surface area (Å²) in [5, 5.41) is 0. The first-order valence-electron chi connectivity index (χ1n) is 7.38. The second-order valence-corrected chi connectivity index (χ2v) is 5.37. The van der Waals surface area contributed by atoms with Gasteiger partial charge >= 0.3 is 0 Å². The van der Waals surface area contributed by atoms with Crippen LogP contribution in [0.4, 0.5) is 0 Å². The van der Waals surface area contributed by atoms with Crippen LogP contribution in [0.15, 0.2) is 78.4 Å². The fourth-order valence-corrected chi connectivity index (χ4v) is 2.86. The molecule has 2 aromatic rings. The molecule has 1 aliphatic rings. The third-order valence-electron chi connectivity index (χ3n) is 4.01. The average Bonchev–Trinajstić information content (AvgIpc) is 2.56. The molecule has 2 aromatic carbocycles. The maximum absolute atomic E-state index is 2.42. The van der Waals surface area contributed by atoms with Crippen LogP contribution < -0.4 is 0 Å². The van der Waals surface area contributed by atoms with Crippen LogP contribution in [0.25, 0.3) is 5.57 Å². The number of benzene rings is 2. The normalized spacial score (nSPS) is 18.4. The summed E-state index contributed by atoms with van der Waals surface area (Å²) in [4.78, 5) is 0. The van der Waals surface area contributed by atoms with Crippen LogP contribution in [0, 0.1) is 0 Å². The fraction of sp³-hybridized carbons (Fsp3) is 0.200. The van der Waals surface area contributed by atoms with Crippen LogP contribution in [-0.4, -0.2) is 0 Å². The Morgan fingerprint density at radius 2 is 1.55 bits per heavy atom. The van der Waals surface area contributed by atoms with E-state index >= 15 is 0 Å². The van der Waals surface area contributed by atoms with E-state index in [4.69, 9.17) is 0 Å². The quantitative estimate of drug-likeness (QED) is 0.674. The summed E-state index contributed by atoms with van der Waals surface area (Å²) < 4.78 is 0. The van der Waals surface area contributed by atoms with Crippen molar-refractivity contribution < 1.29 is 0 Å². The predicted molar refractivity (Wildman–Crippen MR) is 86.6 cm³/mol. The number of rotatable bonds is 3. The highest BCUT2D eigenvalue weighted by atomic mass is 14.2. The molecular weight excluding hydrogens is 240 g/mol. The first kappa shape index (κ1) is 12.9. The number of allylic oxidation sites excluding steroid dienone is 4. The lowest BCUT2D eigenvalue weighted by Crippen LogP contribution is -2.03. The third kappa shape index (κ3) is 2.75. The SMILES string of the molecule is CCC1=CC(c2ccccc2)=CC(c2ccccc2)C1. The Kier molecular flexibility index (Phi) is 3.83. The van der Waals surface area contributed by atoms with Gasteiger partial charge in [-0.25, -0.2) is 0 Å². The summed E-state index contributed by atoms with van der Waals surface area (Å²) >= 11 is 0. The summed E-state index contributed by atoms with van der Waals surface area (Å²) in [5.41, 5.74) is 5.64. The molecule has 0 aromatic heterocycles. The first-order valence-corrected chi connectivity index (χ1v) is 7.38. The van der Waals surface area contributed by atoms with Gasteiger partial charge in [-0.3, -0.25) is 0 Å². The van der Waals surface area contributed by atoms with Gasteiger partial charge in [0.1, 0.15) is 0 Å². The monoisotopic (exact) mass is 260 g/mol. The van der Waals surface area contributed by atoms with Crippen LogP contribution in [0.3, 0.4) is 0 Å². The maximum Gasteiger partial charge on any atom is 0.00644 e. The van der Waals surface area contributed by atoms with Crippen molar-refractivity contribution in [1.29, 1.82) is 0 Å².